The van der Waals surface area contributed by atoms with E-state index in [1.54, 1.807) is 6.07 Å². The van der Waals surface area contributed by atoms with Crippen molar-refractivity contribution in [1.82, 2.24) is 4.90 Å². The highest BCUT2D eigenvalue weighted by molar-refractivity contribution is 5.54. The molecule has 0 unspecified atom stereocenters. The summed E-state index contributed by atoms with van der Waals surface area (Å²) in [5, 5.41) is 20.8. The first-order valence-corrected chi connectivity index (χ1v) is 7.85. The molecule has 2 rings (SSSR count). The summed E-state index contributed by atoms with van der Waals surface area (Å²) in [6.45, 7) is 1.26. The Kier molecular flexibility index (Phi) is 6.73. The summed E-state index contributed by atoms with van der Waals surface area (Å²) in [7, 11) is 2.93. The van der Waals surface area contributed by atoms with Crippen molar-refractivity contribution in [2.75, 3.05) is 27.4 Å². The Hall–Kier alpha value is -2.64. The third-order valence-electron chi connectivity index (χ3n) is 3.84. The molecule has 0 aliphatic carbocycles. The van der Waals surface area contributed by atoms with E-state index in [1.165, 1.54) is 20.3 Å². The van der Waals surface area contributed by atoms with E-state index in [-0.39, 0.29) is 12.3 Å². The monoisotopic (exact) mass is 346 g/mol. The molecule has 0 heterocycles. The van der Waals surface area contributed by atoms with Gasteiger partial charge in [-0.15, -0.1) is 0 Å². The number of hydrogen-bond donors (Lipinski definition) is 1. The van der Waals surface area contributed by atoms with Crippen LogP contribution in [-0.4, -0.2) is 42.3 Å². The molecule has 0 atom stereocenters. The second-order valence-electron chi connectivity index (χ2n) is 5.51. The van der Waals surface area contributed by atoms with Crippen molar-refractivity contribution in [2.45, 2.75) is 13.1 Å². The second kappa shape index (κ2) is 9.00. The molecule has 0 aliphatic rings. The van der Waals surface area contributed by atoms with Crippen LogP contribution in [0.15, 0.2) is 42.5 Å². The van der Waals surface area contributed by atoms with E-state index < -0.39 is 4.92 Å². The number of hydrogen-bond acceptors (Lipinski definition) is 6. The van der Waals surface area contributed by atoms with E-state index in [4.69, 9.17) is 9.47 Å². The maximum atomic E-state index is 11.4. The SMILES string of the molecule is COc1cc(CN(CCO)Cc2ccccc2)c([N+](=O)[O-])cc1OC. The smallest absolute Gasteiger partial charge is 0.277 e. The number of aliphatic hydroxyl groups excluding tert-OH is 1. The average Bonchev–Trinajstić information content (AvgIpc) is 2.62. The van der Waals surface area contributed by atoms with E-state index in [0.717, 1.165) is 5.56 Å². The van der Waals surface area contributed by atoms with Crippen LogP contribution in [-0.2, 0) is 13.1 Å². The molecular formula is C18H22N2O5. The summed E-state index contributed by atoms with van der Waals surface area (Å²) in [6, 6.07) is 12.7. The lowest BCUT2D eigenvalue weighted by molar-refractivity contribution is -0.385. The molecule has 134 valence electrons. The molecule has 0 radical (unpaired) electrons. The van der Waals surface area contributed by atoms with Crippen LogP contribution in [0, 0.1) is 10.1 Å². The molecule has 0 aliphatic heterocycles. The van der Waals surface area contributed by atoms with Crippen molar-refractivity contribution in [3.05, 3.63) is 63.7 Å². The zero-order valence-corrected chi connectivity index (χ0v) is 14.3. The third-order valence-corrected chi connectivity index (χ3v) is 3.84. The number of benzene rings is 2. The molecule has 7 nitrogen and oxygen atoms in total. The Bertz CT molecular complexity index is 706. The molecule has 0 amide bonds. The van der Waals surface area contributed by atoms with Gasteiger partial charge in [0.15, 0.2) is 11.5 Å². The zero-order chi connectivity index (χ0) is 18.2. The summed E-state index contributed by atoms with van der Waals surface area (Å²) >= 11 is 0. The number of methoxy groups -OCH3 is 2. The standard InChI is InChI=1S/C18H22N2O5/c1-24-17-10-15(16(20(22)23)11-18(17)25-2)13-19(8-9-21)12-14-6-4-3-5-7-14/h3-7,10-11,21H,8-9,12-13H2,1-2H3. The van der Waals surface area contributed by atoms with E-state index >= 15 is 0 Å². The third kappa shape index (κ3) is 4.91. The summed E-state index contributed by atoms with van der Waals surface area (Å²) in [5.41, 5.74) is 1.54. The Morgan fingerprint density at radius 2 is 1.72 bits per heavy atom. The molecule has 7 heteroatoms. The number of ether oxygens (including phenoxy) is 2. The molecule has 25 heavy (non-hydrogen) atoms. The molecule has 0 spiro atoms. The van der Waals surface area contributed by atoms with Crippen molar-refractivity contribution in [3.63, 3.8) is 0 Å². The van der Waals surface area contributed by atoms with Gasteiger partial charge in [0, 0.05) is 25.2 Å². The predicted molar refractivity (Wildman–Crippen MR) is 93.8 cm³/mol. The van der Waals surface area contributed by atoms with Crippen LogP contribution >= 0.6 is 0 Å². The van der Waals surface area contributed by atoms with Crippen LogP contribution in [0.4, 0.5) is 5.69 Å². The fraction of sp³-hybridized carbons (Fsp3) is 0.333. The van der Waals surface area contributed by atoms with Crippen LogP contribution in [0.2, 0.25) is 0 Å². The number of aliphatic hydroxyl groups is 1. The minimum Gasteiger partial charge on any atom is -0.493 e. The van der Waals surface area contributed by atoms with Crippen LogP contribution in [0.25, 0.3) is 0 Å². The van der Waals surface area contributed by atoms with Crippen molar-refractivity contribution >= 4 is 5.69 Å². The van der Waals surface area contributed by atoms with Crippen LogP contribution in [0.1, 0.15) is 11.1 Å². The normalized spacial score (nSPS) is 10.7. The van der Waals surface area contributed by atoms with Gasteiger partial charge in [0.05, 0.1) is 31.8 Å². The highest BCUT2D eigenvalue weighted by atomic mass is 16.6. The maximum Gasteiger partial charge on any atom is 0.277 e. The average molecular weight is 346 g/mol. The molecule has 0 saturated heterocycles. The van der Waals surface area contributed by atoms with Gasteiger partial charge in [-0.3, -0.25) is 15.0 Å². The summed E-state index contributed by atoms with van der Waals surface area (Å²) in [6.07, 6.45) is 0. The van der Waals surface area contributed by atoms with E-state index in [0.29, 0.717) is 36.7 Å². The van der Waals surface area contributed by atoms with Gasteiger partial charge in [-0.1, -0.05) is 30.3 Å². The van der Waals surface area contributed by atoms with Gasteiger partial charge in [0.1, 0.15) is 0 Å². The molecule has 0 saturated carbocycles. The number of nitro benzene ring substituents is 1. The summed E-state index contributed by atoms with van der Waals surface area (Å²) < 4.78 is 10.4. The Balaban J connectivity index is 2.32. The lowest BCUT2D eigenvalue weighted by Gasteiger charge is -2.22. The van der Waals surface area contributed by atoms with Crippen molar-refractivity contribution in [1.29, 1.82) is 0 Å². The first kappa shape index (κ1) is 18.7. The highest BCUT2D eigenvalue weighted by Crippen LogP contribution is 2.35. The van der Waals surface area contributed by atoms with Crippen molar-refractivity contribution in [3.8, 4) is 11.5 Å². The van der Waals surface area contributed by atoms with Gasteiger partial charge in [0.2, 0.25) is 0 Å². The second-order valence-corrected chi connectivity index (χ2v) is 5.51. The quantitative estimate of drug-likeness (QED) is 0.555. The lowest BCUT2D eigenvalue weighted by Crippen LogP contribution is -2.26. The minimum absolute atomic E-state index is 0.0337. The van der Waals surface area contributed by atoms with Gasteiger partial charge < -0.3 is 14.6 Å². The van der Waals surface area contributed by atoms with Gasteiger partial charge in [-0.2, -0.15) is 0 Å². The van der Waals surface area contributed by atoms with Crippen molar-refractivity contribution < 1.29 is 19.5 Å². The van der Waals surface area contributed by atoms with E-state index in [1.807, 2.05) is 35.2 Å². The minimum atomic E-state index is -0.434. The maximum absolute atomic E-state index is 11.4. The fourth-order valence-electron chi connectivity index (χ4n) is 2.64. The van der Waals surface area contributed by atoms with Crippen molar-refractivity contribution in [2.24, 2.45) is 0 Å². The van der Waals surface area contributed by atoms with Crippen LogP contribution in [0.3, 0.4) is 0 Å². The lowest BCUT2D eigenvalue weighted by atomic mass is 10.1. The zero-order valence-electron chi connectivity index (χ0n) is 14.3. The predicted octanol–water partition coefficient (Wildman–Crippen LogP) is 2.61. The Labute approximate surface area is 146 Å². The Morgan fingerprint density at radius 3 is 2.28 bits per heavy atom. The summed E-state index contributed by atoms with van der Waals surface area (Å²) in [4.78, 5) is 12.9. The topological polar surface area (TPSA) is 85.1 Å². The number of rotatable bonds is 9. The molecule has 0 aromatic heterocycles. The van der Waals surface area contributed by atoms with Crippen LogP contribution < -0.4 is 9.47 Å². The molecule has 0 bridgehead atoms. The Morgan fingerprint density at radius 1 is 1.08 bits per heavy atom. The number of nitrogens with zero attached hydrogens (tertiary/aromatic N) is 2. The largest absolute Gasteiger partial charge is 0.493 e. The summed E-state index contributed by atoms with van der Waals surface area (Å²) in [5.74, 6) is 0.751. The molecule has 2 aromatic rings. The molecule has 0 fully saturated rings. The van der Waals surface area contributed by atoms with E-state index in [2.05, 4.69) is 0 Å². The molecule has 1 N–H and O–H groups in total. The van der Waals surface area contributed by atoms with Gasteiger partial charge in [-0.05, 0) is 11.6 Å². The van der Waals surface area contributed by atoms with Gasteiger partial charge in [-0.25, -0.2) is 0 Å². The number of nitro groups is 1. The first-order valence-electron chi connectivity index (χ1n) is 7.85. The highest BCUT2D eigenvalue weighted by Gasteiger charge is 2.21. The van der Waals surface area contributed by atoms with Gasteiger partial charge >= 0.3 is 0 Å². The van der Waals surface area contributed by atoms with Crippen LogP contribution in [0.5, 0.6) is 11.5 Å². The molecular weight excluding hydrogens is 324 g/mol. The van der Waals surface area contributed by atoms with Gasteiger partial charge in [0.25, 0.3) is 5.69 Å². The first-order chi connectivity index (χ1) is 12.1. The fourth-order valence-corrected chi connectivity index (χ4v) is 2.64. The molecule has 2 aromatic carbocycles. The van der Waals surface area contributed by atoms with E-state index in [9.17, 15) is 15.2 Å².